The Bertz CT molecular complexity index is 861. The molecule has 1 aliphatic heterocycles. The monoisotopic (exact) mass is 395 g/mol. The first kappa shape index (κ1) is 19.5. The van der Waals surface area contributed by atoms with E-state index in [1.165, 1.54) is 11.0 Å². The third-order valence-corrected chi connectivity index (χ3v) is 4.74. The van der Waals surface area contributed by atoms with Gasteiger partial charge in [0.15, 0.2) is 0 Å². The lowest BCUT2D eigenvalue weighted by molar-refractivity contribution is 0.0221. The van der Waals surface area contributed by atoms with Gasteiger partial charge in [0, 0.05) is 31.4 Å². The normalized spacial score (nSPS) is 14.1. The Morgan fingerprint density at radius 3 is 2.74 bits per heavy atom. The zero-order valence-corrected chi connectivity index (χ0v) is 16.6. The molecule has 0 atom stereocenters. The molecule has 1 aromatic heterocycles. The summed E-state index contributed by atoms with van der Waals surface area (Å²) < 4.78 is 27.5. The molecule has 2 heterocycles. The number of hydrogen-bond acceptors (Lipinski definition) is 4. The van der Waals surface area contributed by atoms with Gasteiger partial charge in [0.05, 0.1) is 17.3 Å². The minimum absolute atomic E-state index is 0.123. The molecular formula is C19H23ClFN3O3. The van der Waals surface area contributed by atoms with E-state index >= 15 is 0 Å². The molecular weight excluding hydrogens is 373 g/mol. The van der Waals surface area contributed by atoms with Gasteiger partial charge in [-0.15, -0.1) is 0 Å². The van der Waals surface area contributed by atoms with E-state index in [1.807, 2.05) is 6.07 Å². The number of rotatable bonds is 3. The summed E-state index contributed by atoms with van der Waals surface area (Å²) in [4.78, 5) is 13.8. The molecule has 3 rings (SSSR count). The van der Waals surface area contributed by atoms with Crippen LogP contribution in [0.15, 0.2) is 18.3 Å². The first-order chi connectivity index (χ1) is 12.7. The molecule has 0 unspecified atom stereocenters. The van der Waals surface area contributed by atoms with Crippen LogP contribution in [-0.4, -0.2) is 32.9 Å². The van der Waals surface area contributed by atoms with Crippen molar-refractivity contribution in [1.82, 2.24) is 14.7 Å². The van der Waals surface area contributed by atoms with E-state index in [9.17, 15) is 9.18 Å². The van der Waals surface area contributed by atoms with Gasteiger partial charge in [0.25, 0.3) is 0 Å². The molecule has 0 fully saturated rings. The molecule has 1 aliphatic rings. The fraction of sp³-hybridized carbons (Fsp3) is 0.474. The van der Waals surface area contributed by atoms with E-state index in [4.69, 9.17) is 21.1 Å². The fourth-order valence-corrected chi connectivity index (χ4v) is 3.24. The van der Waals surface area contributed by atoms with Crippen molar-refractivity contribution in [3.8, 4) is 5.75 Å². The summed E-state index contributed by atoms with van der Waals surface area (Å²) in [5.41, 5.74) is 1.33. The number of nitrogens with zero attached hydrogens (tertiary/aromatic N) is 3. The van der Waals surface area contributed by atoms with Crippen LogP contribution < -0.4 is 4.74 Å². The van der Waals surface area contributed by atoms with E-state index in [0.29, 0.717) is 34.9 Å². The summed E-state index contributed by atoms with van der Waals surface area (Å²) in [6.45, 7) is 6.16. The quantitative estimate of drug-likeness (QED) is 0.785. The summed E-state index contributed by atoms with van der Waals surface area (Å²) in [5.74, 6) is -0.150. The Morgan fingerprint density at radius 1 is 1.37 bits per heavy atom. The molecule has 0 spiro atoms. The highest BCUT2D eigenvalue weighted by molar-refractivity contribution is 6.33. The predicted octanol–water partition coefficient (Wildman–Crippen LogP) is 4.08. The van der Waals surface area contributed by atoms with Gasteiger partial charge < -0.3 is 14.4 Å². The number of fused-ring (bicyclic) bond motifs is 1. The van der Waals surface area contributed by atoms with Gasteiger partial charge in [-0.2, -0.15) is 5.10 Å². The van der Waals surface area contributed by atoms with E-state index in [1.54, 1.807) is 38.7 Å². The molecule has 1 amide bonds. The maximum absolute atomic E-state index is 14.7. The number of hydrogen-bond donors (Lipinski definition) is 0. The van der Waals surface area contributed by atoms with Crippen LogP contribution in [0.2, 0.25) is 5.02 Å². The van der Waals surface area contributed by atoms with Crippen LogP contribution in [0.4, 0.5) is 9.18 Å². The minimum Gasteiger partial charge on any atom is -0.486 e. The van der Waals surface area contributed by atoms with Gasteiger partial charge >= 0.3 is 6.09 Å². The average molecular weight is 396 g/mol. The van der Waals surface area contributed by atoms with Crippen molar-refractivity contribution in [2.45, 2.75) is 45.9 Å². The molecule has 0 saturated heterocycles. The largest absolute Gasteiger partial charge is 0.486 e. The van der Waals surface area contributed by atoms with Crippen molar-refractivity contribution in [2.75, 3.05) is 6.54 Å². The van der Waals surface area contributed by atoms with Crippen LogP contribution >= 0.6 is 11.6 Å². The maximum atomic E-state index is 14.7. The SMILES string of the molecule is Cn1nccc1COc1cc(F)c2c(c1Cl)CCN(C(=O)OC(C)(C)C)C2. The van der Waals surface area contributed by atoms with Crippen molar-refractivity contribution in [2.24, 2.45) is 7.05 Å². The summed E-state index contributed by atoms with van der Waals surface area (Å²) >= 11 is 6.46. The van der Waals surface area contributed by atoms with Crippen molar-refractivity contribution >= 4 is 17.7 Å². The minimum atomic E-state index is -0.600. The highest BCUT2D eigenvalue weighted by atomic mass is 35.5. The zero-order valence-electron chi connectivity index (χ0n) is 15.9. The molecule has 146 valence electrons. The van der Waals surface area contributed by atoms with Crippen molar-refractivity contribution in [3.05, 3.63) is 46.0 Å². The van der Waals surface area contributed by atoms with Crippen LogP contribution in [0.1, 0.15) is 37.6 Å². The lowest BCUT2D eigenvalue weighted by Gasteiger charge is -2.32. The Hall–Kier alpha value is -2.28. The molecule has 2 aromatic rings. The predicted molar refractivity (Wildman–Crippen MR) is 99.3 cm³/mol. The molecule has 0 radical (unpaired) electrons. The molecule has 0 bridgehead atoms. The maximum Gasteiger partial charge on any atom is 0.410 e. The molecule has 6 nitrogen and oxygen atoms in total. The number of aromatic nitrogens is 2. The highest BCUT2D eigenvalue weighted by Gasteiger charge is 2.29. The van der Waals surface area contributed by atoms with Gasteiger partial charge in [-0.1, -0.05) is 11.6 Å². The highest BCUT2D eigenvalue weighted by Crippen LogP contribution is 2.36. The third kappa shape index (κ3) is 4.35. The number of carbonyl (C=O) groups excluding carboxylic acids is 1. The van der Waals surface area contributed by atoms with E-state index in [-0.39, 0.29) is 13.2 Å². The summed E-state index contributed by atoms with van der Waals surface area (Å²) in [6, 6.07) is 3.09. The average Bonchev–Trinajstić information content (AvgIpc) is 3.00. The molecule has 8 heteroatoms. The lowest BCUT2D eigenvalue weighted by atomic mass is 9.98. The van der Waals surface area contributed by atoms with E-state index in [2.05, 4.69) is 5.10 Å². The standard InChI is InChI=1S/C19H23ClFN3O3/c1-19(2,3)27-18(25)24-8-6-13-14(10-24)15(21)9-16(17(13)20)26-11-12-5-7-22-23(12)4/h5,7,9H,6,8,10-11H2,1-4H3. The fourth-order valence-electron chi connectivity index (χ4n) is 2.92. The van der Waals surface area contributed by atoms with E-state index < -0.39 is 17.5 Å². The second-order valence-corrected chi connectivity index (χ2v) is 7.89. The lowest BCUT2D eigenvalue weighted by Crippen LogP contribution is -2.40. The van der Waals surface area contributed by atoms with Gasteiger partial charge in [-0.05, 0) is 38.8 Å². The zero-order chi connectivity index (χ0) is 19.8. The van der Waals surface area contributed by atoms with Gasteiger partial charge in [-0.25, -0.2) is 9.18 Å². The van der Waals surface area contributed by atoms with Crippen LogP contribution in [0, 0.1) is 5.82 Å². The van der Waals surface area contributed by atoms with Gasteiger partial charge in [-0.3, -0.25) is 4.68 Å². The molecule has 0 saturated carbocycles. The Labute approximate surface area is 162 Å². The third-order valence-electron chi connectivity index (χ3n) is 4.32. The molecule has 0 aliphatic carbocycles. The van der Waals surface area contributed by atoms with Crippen molar-refractivity contribution in [3.63, 3.8) is 0 Å². The second kappa shape index (κ2) is 7.38. The topological polar surface area (TPSA) is 56.6 Å². The van der Waals surface area contributed by atoms with Crippen molar-refractivity contribution < 1.29 is 18.7 Å². The Morgan fingerprint density at radius 2 is 2.11 bits per heavy atom. The molecule has 27 heavy (non-hydrogen) atoms. The number of ether oxygens (including phenoxy) is 2. The van der Waals surface area contributed by atoms with Gasteiger partial charge in [0.1, 0.15) is 23.8 Å². The number of halogens is 2. The Balaban J connectivity index is 1.77. The number of benzene rings is 1. The summed E-state index contributed by atoms with van der Waals surface area (Å²) in [5, 5.41) is 4.46. The van der Waals surface area contributed by atoms with E-state index in [0.717, 1.165) is 5.69 Å². The summed E-state index contributed by atoms with van der Waals surface area (Å²) in [7, 11) is 1.80. The van der Waals surface area contributed by atoms with Crippen LogP contribution in [-0.2, 0) is 31.4 Å². The number of amides is 1. The Kier molecular flexibility index (Phi) is 5.33. The smallest absolute Gasteiger partial charge is 0.410 e. The van der Waals surface area contributed by atoms with Crippen LogP contribution in [0.5, 0.6) is 5.75 Å². The van der Waals surface area contributed by atoms with Crippen LogP contribution in [0.3, 0.4) is 0 Å². The summed E-state index contributed by atoms with van der Waals surface area (Å²) in [6.07, 6.45) is 1.65. The molecule has 0 N–H and O–H groups in total. The second-order valence-electron chi connectivity index (χ2n) is 7.51. The first-order valence-corrected chi connectivity index (χ1v) is 9.11. The van der Waals surface area contributed by atoms with Crippen LogP contribution in [0.25, 0.3) is 0 Å². The number of aryl methyl sites for hydroxylation is 1. The first-order valence-electron chi connectivity index (χ1n) is 8.73. The molecule has 1 aromatic carbocycles. The number of carbonyl (C=O) groups is 1. The van der Waals surface area contributed by atoms with Gasteiger partial charge in [0.2, 0.25) is 0 Å². The van der Waals surface area contributed by atoms with Crippen molar-refractivity contribution in [1.29, 1.82) is 0 Å².